The standard InChI is InChI=1S/C19H27N3O3S2/c1-19(2,14-22(3)4)13-20-17(23)12-15-7-9-16(10-8-15)21-27(24,25)18-6-5-11-26-18/h5-11,21H,12-14H2,1-4H3,(H,20,23). The molecule has 148 valence electrons. The van der Waals surface area contributed by atoms with Crippen LogP contribution in [0, 0.1) is 5.41 Å². The number of anilines is 1. The molecule has 1 aromatic heterocycles. The van der Waals surface area contributed by atoms with Gasteiger partial charge in [-0.1, -0.05) is 32.0 Å². The highest BCUT2D eigenvalue weighted by Crippen LogP contribution is 2.20. The van der Waals surface area contributed by atoms with E-state index in [1.807, 2.05) is 14.1 Å². The summed E-state index contributed by atoms with van der Waals surface area (Å²) in [5, 5.41) is 4.69. The Morgan fingerprint density at radius 2 is 1.81 bits per heavy atom. The second kappa shape index (κ2) is 8.86. The van der Waals surface area contributed by atoms with Crippen molar-refractivity contribution in [2.75, 3.05) is 31.9 Å². The minimum absolute atomic E-state index is 0.0108. The Bertz CT molecular complexity index is 843. The lowest BCUT2D eigenvalue weighted by atomic mass is 9.93. The zero-order chi connectivity index (χ0) is 20.1. The number of nitrogens with one attached hydrogen (secondary N) is 2. The highest BCUT2D eigenvalue weighted by molar-refractivity contribution is 7.94. The molecule has 0 unspecified atom stereocenters. The van der Waals surface area contributed by atoms with Gasteiger partial charge in [0, 0.05) is 18.8 Å². The summed E-state index contributed by atoms with van der Waals surface area (Å²) in [5.41, 5.74) is 1.29. The van der Waals surface area contributed by atoms with Crippen LogP contribution in [0.3, 0.4) is 0 Å². The first kappa shape index (κ1) is 21.4. The number of carbonyl (C=O) groups excluding carboxylic acids is 1. The van der Waals surface area contributed by atoms with Crippen LogP contribution in [0.2, 0.25) is 0 Å². The summed E-state index contributed by atoms with van der Waals surface area (Å²) in [4.78, 5) is 14.3. The van der Waals surface area contributed by atoms with Crippen molar-refractivity contribution in [1.82, 2.24) is 10.2 Å². The predicted molar refractivity (Wildman–Crippen MR) is 111 cm³/mol. The summed E-state index contributed by atoms with van der Waals surface area (Å²) >= 11 is 1.17. The van der Waals surface area contributed by atoms with Crippen LogP contribution in [0.4, 0.5) is 5.69 Å². The quantitative estimate of drug-likeness (QED) is 0.668. The van der Waals surface area contributed by atoms with E-state index in [1.54, 1.807) is 41.8 Å². The van der Waals surface area contributed by atoms with Gasteiger partial charge < -0.3 is 10.2 Å². The van der Waals surface area contributed by atoms with E-state index in [9.17, 15) is 13.2 Å². The van der Waals surface area contributed by atoms with Crippen LogP contribution in [0.15, 0.2) is 46.0 Å². The van der Waals surface area contributed by atoms with E-state index in [-0.39, 0.29) is 22.0 Å². The molecular formula is C19H27N3O3S2. The van der Waals surface area contributed by atoms with Crippen molar-refractivity contribution in [3.05, 3.63) is 47.3 Å². The van der Waals surface area contributed by atoms with Crippen LogP contribution in [0.5, 0.6) is 0 Å². The highest BCUT2D eigenvalue weighted by Gasteiger charge is 2.20. The van der Waals surface area contributed by atoms with Gasteiger partial charge in [-0.25, -0.2) is 8.42 Å². The lowest BCUT2D eigenvalue weighted by molar-refractivity contribution is -0.120. The molecule has 0 aliphatic rings. The molecule has 2 N–H and O–H groups in total. The zero-order valence-electron chi connectivity index (χ0n) is 16.2. The molecule has 0 aliphatic carbocycles. The van der Waals surface area contributed by atoms with Gasteiger partial charge in [-0.15, -0.1) is 11.3 Å². The molecule has 2 aromatic rings. The van der Waals surface area contributed by atoms with Gasteiger partial charge in [0.1, 0.15) is 4.21 Å². The minimum atomic E-state index is -3.56. The first-order valence-corrected chi connectivity index (χ1v) is 11.0. The topological polar surface area (TPSA) is 78.5 Å². The van der Waals surface area contributed by atoms with Crippen molar-refractivity contribution < 1.29 is 13.2 Å². The molecule has 8 heteroatoms. The lowest BCUT2D eigenvalue weighted by Gasteiger charge is -2.28. The maximum atomic E-state index is 12.2. The van der Waals surface area contributed by atoms with E-state index in [2.05, 4.69) is 28.8 Å². The summed E-state index contributed by atoms with van der Waals surface area (Å²) < 4.78 is 27.2. The van der Waals surface area contributed by atoms with Crippen molar-refractivity contribution in [3.8, 4) is 0 Å². The third-order valence-corrected chi connectivity index (χ3v) is 6.62. The molecule has 6 nitrogen and oxygen atoms in total. The Kier molecular flexibility index (Phi) is 7.02. The largest absolute Gasteiger partial charge is 0.355 e. The first-order valence-electron chi connectivity index (χ1n) is 8.64. The van der Waals surface area contributed by atoms with Gasteiger partial charge in [0.25, 0.3) is 10.0 Å². The molecule has 0 saturated carbocycles. The number of nitrogens with zero attached hydrogens (tertiary/aromatic N) is 1. The van der Waals surface area contributed by atoms with Crippen molar-refractivity contribution in [2.24, 2.45) is 5.41 Å². The molecule has 0 fully saturated rings. The molecule has 0 saturated heterocycles. The number of amides is 1. The number of benzene rings is 1. The average Bonchev–Trinajstić information content (AvgIpc) is 3.09. The number of hydrogen-bond donors (Lipinski definition) is 2. The summed E-state index contributed by atoms with van der Waals surface area (Å²) in [6.07, 6.45) is 0.260. The van der Waals surface area contributed by atoms with E-state index in [4.69, 9.17) is 0 Å². The first-order chi connectivity index (χ1) is 12.6. The molecule has 27 heavy (non-hydrogen) atoms. The fourth-order valence-corrected chi connectivity index (χ4v) is 4.86. The number of sulfonamides is 1. The van der Waals surface area contributed by atoms with Gasteiger partial charge in [-0.05, 0) is 48.7 Å². The van der Waals surface area contributed by atoms with Crippen molar-refractivity contribution in [3.63, 3.8) is 0 Å². The molecule has 0 atom stereocenters. The van der Waals surface area contributed by atoms with Crippen LogP contribution >= 0.6 is 11.3 Å². The van der Waals surface area contributed by atoms with Gasteiger partial charge in [-0.3, -0.25) is 9.52 Å². The number of rotatable bonds is 9. The Morgan fingerprint density at radius 1 is 1.15 bits per heavy atom. The monoisotopic (exact) mass is 409 g/mol. The molecule has 0 aliphatic heterocycles. The summed E-state index contributed by atoms with van der Waals surface area (Å²) in [5.74, 6) is -0.0475. The lowest BCUT2D eigenvalue weighted by Crippen LogP contribution is -2.40. The zero-order valence-corrected chi connectivity index (χ0v) is 17.8. The maximum absolute atomic E-state index is 12.2. The molecule has 0 bridgehead atoms. The van der Waals surface area contributed by atoms with Crippen LogP contribution in [-0.2, 0) is 21.2 Å². The van der Waals surface area contributed by atoms with Gasteiger partial charge in [-0.2, -0.15) is 0 Å². The second-order valence-corrected chi connectivity index (χ2v) is 10.4. The Balaban J connectivity index is 1.89. The van der Waals surface area contributed by atoms with Crippen LogP contribution < -0.4 is 10.0 Å². The Morgan fingerprint density at radius 3 is 2.37 bits per heavy atom. The number of thiophene rings is 1. The molecule has 0 radical (unpaired) electrons. The maximum Gasteiger partial charge on any atom is 0.271 e. The molecule has 1 heterocycles. The molecule has 1 aromatic carbocycles. The van der Waals surface area contributed by atoms with Crippen molar-refractivity contribution in [2.45, 2.75) is 24.5 Å². The third-order valence-electron chi connectivity index (χ3n) is 3.84. The normalized spacial score (nSPS) is 12.2. The van der Waals surface area contributed by atoms with E-state index in [0.717, 1.165) is 12.1 Å². The van der Waals surface area contributed by atoms with Gasteiger partial charge in [0.15, 0.2) is 0 Å². The minimum Gasteiger partial charge on any atom is -0.355 e. The average molecular weight is 410 g/mol. The molecular weight excluding hydrogens is 382 g/mol. The summed E-state index contributed by atoms with van der Waals surface area (Å²) in [6.45, 7) is 5.71. The molecule has 2 rings (SSSR count). The summed E-state index contributed by atoms with van der Waals surface area (Å²) in [6, 6.07) is 10.1. The number of carbonyl (C=O) groups is 1. The van der Waals surface area contributed by atoms with Gasteiger partial charge in [0.2, 0.25) is 5.91 Å². The Hall–Kier alpha value is -1.90. The van der Waals surface area contributed by atoms with Crippen molar-refractivity contribution >= 4 is 33.0 Å². The fourth-order valence-electron chi connectivity index (χ4n) is 2.81. The van der Waals surface area contributed by atoms with E-state index < -0.39 is 10.0 Å². The van der Waals surface area contributed by atoms with Crippen LogP contribution in [0.1, 0.15) is 19.4 Å². The van der Waals surface area contributed by atoms with E-state index in [0.29, 0.717) is 12.2 Å². The van der Waals surface area contributed by atoms with Gasteiger partial charge >= 0.3 is 0 Å². The van der Waals surface area contributed by atoms with E-state index >= 15 is 0 Å². The Labute approximate surface area is 165 Å². The van der Waals surface area contributed by atoms with Crippen molar-refractivity contribution in [1.29, 1.82) is 0 Å². The van der Waals surface area contributed by atoms with Gasteiger partial charge in [0.05, 0.1) is 6.42 Å². The SMILES string of the molecule is CN(C)CC(C)(C)CNC(=O)Cc1ccc(NS(=O)(=O)c2cccs2)cc1. The highest BCUT2D eigenvalue weighted by atomic mass is 32.2. The van der Waals surface area contributed by atoms with E-state index in [1.165, 1.54) is 11.3 Å². The number of hydrogen-bond acceptors (Lipinski definition) is 5. The second-order valence-electron chi connectivity index (χ2n) is 7.59. The summed E-state index contributed by atoms with van der Waals surface area (Å²) in [7, 11) is 0.468. The predicted octanol–water partition coefficient (Wildman–Crippen LogP) is 2.80. The molecule has 1 amide bonds. The smallest absolute Gasteiger partial charge is 0.271 e. The molecule has 0 spiro atoms. The van der Waals surface area contributed by atoms with Crippen LogP contribution in [-0.4, -0.2) is 46.4 Å². The van der Waals surface area contributed by atoms with Crippen LogP contribution in [0.25, 0.3) is 0 Å². The fraction of sp³-hybridized carbons (Fsp3) is 0.421. The third kappa shape index (κ3) is 6.97.